The van der Waals surface area contributed by atoms with E-state index in [1.807, 2.05) is 0 Å². The van der Waals surface area contributed by atoms with Gasteiger partial charge in [0.2, 0.25) is 0 Å². The van der Waals surface area contributed by atoms with Crippen molar-refractivity contribution in [2.75, 3.05) is 19.1 Å². The van der Waals surface area contributed by atoms with Crippen molar-refractivity contribution in [3.8, 4) is 5.75 Å². The van der Waals surface area contributed by atoms with Gasteiger partial charge in [-0.15, -0.1) is 0 Å². The van der Waals surface area contributed by atoms with Crippen LogP contribution in [0.5, 0.6) is 5.75 Å². The highest BCUT2D eigenvalue weighted by Gasteiger charge is 2.33. The summed E-state index contributed by atoms with van der Waals surface area (Å²) in [5.74, 6) is -4.57. The van der Waals surface area contributed by atoms with Gasteiger partial charge in [-0.05, 0) is 59.8 Å². The van der Waals surface area contributed by atoms with Crippen LogP contribution in [0.1, 0.15) is 15.9 Å². The number of carbonyl (C=O) groups excluding carboxylic acids is 2. The fourth-order valence-corrected chi connectivity index (χ4v) is 3.82. The summed E-state index contributed by atoms with van der Waals surface area (Å²) in [6.45, 7) is -0.476. The molecule has 190 valence electrons. The standard InChI is InChI=1S/C24H18F6N2O3S/c1-31(20-10-9-16(12-19(20)27)36-24(28,29)30)23(34)32(13-14-5-3-6-15(11-14)35-2)22(33)21-17(25)7-4-8-18(21)26/h3-12H,13H2,1-2H3. The van der Waals surface area contributed by atoms with Crippen LogP contribution in [0.25, 0.3) is 0 Å². The lowest BCUT2D eigenvalue weighted by Gasteiger charge is -2.27. The number of benzene rings is 3. The lowest BCUT2D eigenvalue weighted by atomic mass is 10.1. The van der Waals surface area contributed by atoms with Gasteiger partial charge in [0, 0.05) is 11.9 Å². The normalized spacial score (nSPS) is 11.2. The molecule has 3 rings (SSSR count). The molecule has 0 atom stereocenters. The highest BCUT2D eigenvalue weighted by molar-refractivity contribution is 8.00. The maximum absolute atomic E-state index is 14.7. The molecule has 5 nitrogen and oxygen atoms in total. The Morgan fingerprint density at radius 2 is 1.56 bits per heavy atom. The number of anilines is 1. The number of ether oxygens (including phenoxy) is 1. The van der Waals surface area contributed by atoms with Gasteiger partial charge in [-0.2, -0.15) is 13.2 Å². The minimum atomic E-state index is -4.65. The van der Waals surface area contributed by atoms with Crippen LogP contribution in [0, 0.1) is 17.5 Å². The lowest BCUT2D eigenvalue weighted by Crippen LogP contribution is -2.45. The van der Waals surface area contributed by atoms with Crippen molar-refractivity contribution in [2.45, 2.75) is 16.9 Å². The predicted molar refractivity (Wildman–Crippen MR) is 121 cm³/mol. The Hall–Kier alpha value is -3.67. The van der Waals surface area contributed by atoms with Gasteiger partial charge in [0.25, 0.3) is 5.91 Å². The summed E-state index contributed by atoms with van der Waals surface area (Å²) in [5.41, 5.74) is -5.76. The van der Waals surface area contributed by atoms with Crippen molar-refractivity contribution in [3.63, 3.8) is 0 Å². The number of thioether (sulfide) groups is 1. The molecule has 0 aliphatic rings. The summed E-state index contributed by atoms with van der Waals surface area (Å²) < 4.78 is 86.3. The van der Waals surface area contributed by atoms with Crippen LogP contribution in [0.4, 0.5) is 36.8 Å². The number of hydrogen-bond donors (Lipinski definition) is 0. The topological polar surface area (TPSA) is 49.9 Å². The molecule has 0 fully saturated rings. The number of amides is 3. The minimum Gasteiger partial charge on any atom is -0.497 e. The van der Waals surface area contributed by atoms with Gasteiger partial charge in [0.1, 0.15) is 28.8 Å². The van der Waals surface area contributed by atoms with Crippen molar-refractivity contribution < 1.29 is 40.7 Å². The summed E-state index contributed by atoms with van der Waals surface area (Å²) in [6.07, 6.45) is 0. The molecule has 12 heteroatoms. The number of alkyl halides is 3. The first kappa shape index (κ1) is 26.9. The molecule has 0 aliphatic carbocycles. The van der Waals surface area contributed by atoms with Gasteiger partial charge in [0.15, 0.2) is 0 Å². The molecule has 0 saturated carbocycles. The van der Waals surface area contributed by atoms with E-state index >= 15 is 0 Å². The number of methoxy groups -OCH3 is 1. The average Bonchev–Trinajstić information content (AvgIpc) is 2.80. The number of imide groups is 1. The zero-order chi connectivity index (χ0) is 26.6. The van der Waals surface area contributed by atoms with E-state index in [0.717, 1.165) is 37.4 Å². The highest BCUT2D eigenvalue weighted by Crippen LogP contribution is 2.38. The maximum atomic E-state index is 14.7. The predicted octanol–water partition coefficient (Wildman–Crippen LogP) is 6.62. The van der Waals surface area contributed by atoms with Crippen LogP contribution >= 0.6 is 11.8 Å². The molecule has 3 aromatic rings. The molecule has 0 aromatic heterocycles. The second-order valence-corrected chi connectivity index (χ2v) is 8.48. The van der Waals surface area contributed by atoms with E-state index in [1.165, 1.54) is 19.2 Å². The van der Waals surface area contributed by atoms with E-state index in [2.05, 4.69) is 0 Å². The van der Waals surface area contributed by atoms with E-state index in [-0.39, 0.29) is 0 Å². The summed E-state index contributed by atoms with van der Waals surface area (Å²) in [5, 5.41) is 0. The maximum Gasteiger partial charge on any atom is 0.446 e. The Balaban J connectivity index is 2.00. The van der Waals surface area contributed by atoms with Crippen molar-refractivity contribution in [1.82, 2.24) is 4.90 Å². The molecule has 3 amide bonds. The van der Waals surface area contributed by atoms with Crippen molar-refractivity contribution in [3.05, 3.63) is 89.2 Å². The Morgan fingerprint density at radius 3 is 2.14 bits per heavy atom. The first-order chi connectivity index (χ1) is 16.9. The zero-order valence-electron chi connectivity index (χ0n) is 18.8. The number of carbonyl (C=O) groups is 2. The Labute approximate surface area is 206 Å². The van der Waals surface area contributed by atoms with Gasteiger partial charge < -0.3 is 4.74 Å². The molecule has 0 saturated heterocycles. The Morgan fingerprint density at radius 1 is 0.917 bits per heavy atom. The SMILES string of the molecule is COc1cccc(CN(C(=O)c2c(F)cccc2F)C(=O)N(C)c2ccc(SC(F)(F)F)cc2F)c1. The van der Waals surface area contributed by atoms with Gasteiger partial charge in [-0.3, -0.25) is 14.6 Å². The van der Waals surface area contributed by atoms with Crippen LogP contribution < -0.4 is 9.64 Å². The van der Waals surface area contributed by atoms with Gasteiger partial charge in [0.05, 0.1) is 19.3 Å². The third kappa shape index (κ3) is 6.30. The van der Waals surface area contributed by atoms with Gasteiger partial charge >= 0.3 is 11.5 Å². The second kappa shape index (κ2) is 10.9. The van der Waals surface area contributed by atoms with Gasteiger partial charge in [-0.1, -0.05) is 18.2 Å². The first-order valence-corrected chi connectivity index (χ1v) is 10.9. The Kier molecular flexibility index (Phi) is 8.18. The molecule has 0 heterocycles. The highest BCUT2D eigenvalue weighted by atomic mass is 32.2. The van der Waals surface area contributed by atoms with Crippen molar-refractivity contribution in [1.29, 1.82) is 0 Å². The molecule has 0 aliphatic heterocycles. The minimum absolute atomic E-state index is 0.346. The fraction of sp³-hybridized carbons (Fsp3) is 0.167. The van der Waals surface area contributed by atoms with E-state index in [4.69, 9.17) is 4.74 Å². The van der Waals surface area contributed by atoms with Crippen molar-refractivity contribution in [2.24, 2.45) is 0 Å². The summed E-state index contributed by atoms with van der Waals surface area (Å²) >= 11 is -0.543. The number of hydrogen-bond acceptors (Lipinski definition) is 4. The third-order valence-electron chi connectivity index (χ3n) is 4.93. The monoisotopic (exact) mass is 528 g/mol. The Bertz CT molecular complexity index is 1260. The summed E-state index contributed by atoms with van der Waals surface area (Å²) in [7, 11) is 2.46. The first-order valence-electron chi connectivity index (χ1n) is 10.1. The van der Waals surface area contributed by atoms with Crippen LogP contribution in [0.3, 0.4) is 0 Å². The van der Waals surface area contributed by atoms with Crippen LogP contribution in [-0.2, 0) is 6.54 Å². The number of halogens is 6. The summed E-state index contributed by atoms with van der Waals surface area (Å²) in [4.78, 5) is 27.2. The zero-order valence-corrected chi connectivity index (χ0v) is 19.6. The molecule has 36 heavy (non-hydrogen) atoms. The van der Waals surface area contributed by atoms with Crippen molar-refractivity contribution >= 4 is 29.4 Å². The number of rotatable bonds is 6. The average molecular weight is 528 g/mol. The molecule has 0 radical (unpaired) electrons. The molecule has 3 aromatic carbocycles. The number of urea groups is 1. The summed E-state index contributed by atoms with van der Waals surface area (Å²) in [6, 6.07) is 10.2. The quantitative estimate of drug-likeness (QED) is 0.267. The van der Waals surface area contributed by atoms with Crippen LogP contribution in [-0.4, -0.2) is 36.5 Å². The third-order valence-corrected chi connectivity index (χ3v) is 5.65. The lowest BCUT2D eigenvalue weighted by molar-refractivity contribution is -0.0328. The van der Waals surface area contributed by atoms with E-state index in [0.29, 0.717) is 27.2 Å². The molecule has 0 unspecified atom stereocenters. The molecular formula is C24H18F6N2O3S. The molecule has 0 bridgehead atoms. The van der Waals surface area contributed by atoms with E-state index in [9.17, 15) is 35.9 Å². The van der Waals surface area contributed by atoms with Gasteiger partial charge in [-0.25, -0.2) is 18.0 Å². The largest absolute Gasteiger partial charge is 0.497 e. The van der Waals surface area contributed by atoms with Crippen LogP contribution in [0.2, 0.25) is 0 Å². The van der Waals surface area contributed by atoms with Crippen LogP contribution in [0.15, 0.2) is 65.6 Å². The van der Waals surface area contributed by atoms with E-state index in [1.54, 1.807) is 12.1 Å². The molecule has 0 spiro atoms. The fourth-order valence-electron chi connectivity index (χ4n) is 3.26. The number of nitrogens with zero attached hydrogens (tertiary/aromatic N) is 2. The van der Waals surface area contributed by atoms with E-state index < -0.39 is 69.4 Å². The smallest absolute Gasteiger partial charge is 0.446 e. The molecular weight excluding hydrogens is 510 g/mol. The second-order valence-electron chi connectivity index (χ2n) is 7.34. The molecule has 0 N–H and O–H groups in total.